The summed E-state index contributed by atoms with van der Waals surface area (Å²) in [6, 6.07) is 0.336. The number of rotatable bonds is 1. The number of hydrogen-bond acceptors (Lipinski definition) is 3. The fraction of sp³-hybridized carbons (Fsp3) is 1.00. The molecule has 3 heteroatoms. The Morgan fingerprint density at radius 1 is 1.36 bits per heavy atom. The SMILES string of the molecule is CCN1CCN(C)C[C@H](N)C1. The topological polar surface area (TPSA) is 32.5 Å². The molecule has 66 valence electrons. The van der Waals surface area contributed by atoms with E-state index in [0.29, 0.717) is 6.04 Å². The summed E-state index contributed by atoms with van der Waals surface area (Å²) in [5.74, 6) is 0. The number of hydrogen-bond donors (Lipinski definition) is 1. The van der Waals surface area contributed by atoms with Crippen LogP contribution < -0.4 is 5.73 Å². The van der Waals surface area contributed by atoms with Crippen molar-refractivity contribution in [2.45, 2.75) is 13.0 Å². The predicted molar refractivity (Wildman–Crippen MR) is 47.6 cm³/mol. The monoisotopic (exact) mass is 157 g/mol. The maximum absolute atomic E-state index is 5.91. The first-order valence-corrected chi connectivity index (χ1v) is 4.39. The Morgan fingerprint density at radius 3 is 2.73 bits per heavy atom. The molecule has 0 aromatic heterocycles. The molecule has 3 nitrogen and oxygen atoms in total. The molecule has 1 aliphatic heterocycles. The van der Waals surface area contributed by atoms with E-state index < -0.39 is 0 Å². The first-order chi connectivity index (χ1) is 5.22. The first kappa shape index (κ1) is 8.97. The fourth-order valence-corrected chi connectivity index (χ4v) is 1.57. The zero-order chi connectivity index (χ0) is 8.27. The zero-order valence-electron chi connectivity index (χ0n) is 7.58. The van der Waals surface area contributed by atoms with Crippen molar-refractivity contribution >= 4 is 0 Å². The molecule has 2 N–H and O–H groups in total. The van der Waals surface area contributed by atoms with E-state index in [-0.39, 0.29) is 0 Å². The van der Waals surface area contributed by atoms with E-state index in [4.69, 9.17) is 5.73 Å². The highest BCUT2D eigenvalue weighted by Crippen LogP contribution is 1.98. The van der Waals surface area contributed by atoms with Crippen LogP contribution in [0.3, 0.4) is 0 Å². The van der Waals surface area contributed by atoms with Crippen LogP contribution in [0, 0.1) is 0 Å². The summed E-state index contributed by atoms with van der Waals surface area (Å²) in [6.07, 6.45) is 0. The third-order valence-electron chi connectivity index (χ3n) is 2.28. The lowest BCUT2D eigenvalue weighted by atomic mass is 10.3. The smallest absolute Gasteiger partial charge is 0.0297 e. The quantitative estimate of drug-likeness (QED) is 0.561. The van der Waals surface area contributed by atoms with Crippen molar-refractivity contribution in [2.24, 2.45) is 5.73 Å². The van der Waals surface area contributed by atoms with Crippen molar-refractivity contribution in [3.05, 3.63) is 0 Å². The Hall–Kier alpha value is -0.120. The van der Waals surface area contributed by atoms with E-state index >= 15 is 0 Å². The van der Waals surface area contributed by atoms with Crippen molar-refractivity contribution in [1.29, 1.82) is 0 Å². The minimum absolute atomic E-state index is 0.336. The third kappa shape index (κ3) is 2.77. The minimum Gasteiger partial charge on any atom is -0.325 e. The highest BCUT2D eigenvalue weighted by atomic mass is 15.2. The second-order valence-electron chi connectivity index (χ2n) is 3.42. The van der Waals surface area contributed by atoms with E-state index in [9.17, 15) is 0 Å². The normalized spacial score (nSPS) is 30.3. The van der Waals surface area contributed by atoms with Crippen LogP contribution >= 0.6 is 0 Å². The molecule has 1 atom stereocenters. The molecule has 0 spiro atoms. The van der Waals surface area contributed by atoms with E-state index in [2.05, 4.69) is 23.8 Å². The highest BCUT2D eigenvalue weighted by Gasteiger charge is 2.15. The molecule has 1 heterocycles. The Labute approximate surface area is 69.1 Å². The van der Waals surface area contributed by atoms with Gasteiger partial charge in [0.15, 0.2) is 0 Å². The van der Waals surface area contributed by atoms with Gasteiger partial charge in [0.2, 0.25) is 0 Å². The van der Waals surface area contributed by atoms with Crippen LogP contribution in [-0.4, -0.2) is 55.6 Å². The molecule has 11 heavy (non-hydrogen) atoms. The summed E-state index contributed by atoms with van der Waals surface area (Å²) >= 11 is 0. The lowest BCUT2D eigenvalue weighted by molar-refractivity contribution is 0.286. The zero-order valence-corrected chi connectivity index (χ0v) is 7.58. The van der Waals surface area contributed by atoms with Crippen molar-refractivity contribution in [3.8, 4) is 0 Å². The summed E-state index contributed by atoms with van der Waals surface area (Å²) in [7, 11) is 2.14. The Balaban J connectivity index is 2.39. The summed E-state index contributed by atoms with van der Waals surface area (Å²) in [6.45, 7) is 7.74. The minimum atomic E-state index is 0.336. The molecular weight excluding hydrogens is 138 g/mol. The largest absolute Gasteiger partial charge is 0.325 e. The number of likely N-dealkylation sites (N-methyl/N-ethyl adjacent to an activating group) is 2. The van der Waals surface area contributed by atoms with Gasteiger partial charge in [0.25, 0.3) is 0 Å². The van der Waals surface area contributed by atoms with Crippen LogP contribution in [0.25, 0.3) is 0 Å². The molecule has 0 aromatic rings. The number of nitrogens with zero attached hydrogens (tertiary/aromatic N) is 2. The molecule has 1 fully saturated rings. The second-order valence-corrected chi connectivity index (χ2v) is 3.42. The van der Waals surface area contributed by atoms with Gasteiger partial charge in [0, 0.05) is 32.2 Å². The van der Waals surface area contributed by atoms with Crippen LogP contribution in [0.2, 0.25) is 0 Å². The first-order valence-electron chi connectivity index (χ1n) is 4.39. The summed E-state index contributed by atoms with van der Waals surface area (Å²) in [5, 5.41) is 0. The molecule has 1 aliphatic rings. The van der Waals surface area contributed by atoms with E-state index in [1.165, 1.54) is 6.54 Å². The summed E-state index contributed by atoms with van der Waals surface area (Å²) < 4.78 is 0. The third-order valence-corrected chi connectivity index (χ3v) is 2.28. The molecule has 0 radical (unpaired) electrons. The van der Waals surface area contributed by atoms with Crippen molar-refractivity contribution in [2.75, 3.05) is 39.8 Å². The molecule has 0 unspecified atom stereocenters. The van der Waals surface area contributed by atoms with Crippen LogP contribution in [0.4, 0.5) is 0 Å². The van der Waals surface area contributed by atoms with Crippen LogP contribution in [0.1, 0.15) is 6.92 Å². The van der Waals surface area contributed by atoms with Gasteiger partial charge >= 0.3 is 0 Å². The average Bonchev–Trinajstić information content (AvgIpc) is 2.11. The molecule has 0 bridgehead atoms. The second kappa shape index (κ2) is 4.04. The van der Waals surface area contributed by atoms with Crippen LogP contribution in [-0.2, 0) is 0 Å². The van der Waals surface area contributed by atoms with E-state index in [1.54, 1.807) is 0 Å². The average molecular weight is 157 g/mol. The molecular formula is C8H19N3. The van der Waals surface area contributed by atoms with Crippen molar-refractivity contribution in [3.63, 3.8) is 0 Å². The van der Waals surface area contributed by atoms with E-state index in [1.807, 2.05) is 0 Å². The van der Waals surface area contributed by atoms with Gasteiger partial charge in [-0.3, -0.25) is 0 Å². The van der Waals surface area contributed by atoms with Gasteiger partial charge in [-0.1, -0.05) is 6.92 Å². The molecule has 0 amide bonds. The predicted octanol–water partition coefficient (Wildman–Crippen LogP) is -0.419. The van der Waals surface area contributed by atoms with Gasteiger partial charge in [-0.2, -0.15) is 0 Å². The Morgan fingerprint density at radius 2 is 2.09 bits per heavy atom. The summed E-state index contributed by atoms with van der Waals surface area (Å²) in [5.41, 5.74) is 5.91. The molecule has 1 saturated heterocycles. The van der Waals surface area contributed by atoms with Crippen molar-refractivity contribution < 1.29 is 0 Å². The molecule has 1 rings (SSSR count). The lowest BCUT2D eigenvalue weighted by Crippen LogP contribution is -2.39. The van der Waals surface area contributed by atoms with Crippen molar-refractivity contribution in [1.82, 2.24) is 9.80 Å². The molecule has 0 saturated carbocycles. The standard InChI is InChI=1S/C8H19N3/c1-3-11-5-4-10(2)6-8(9)7-11/h8H,3-7,9H2,1-2H3/t8-/m0/s1. The van der Waals surface area contributed by atoms with Gasteiger partial charge in [-0.15, -0.1) is 0 Å². The van der Waals surface area contributed by atoms with Crippen LogP contribution in [0.15, 0.2) is 0 Å². The van der Waals surface area contributed by atoms with E-state index in [0.717, 1.165) is 26.2 Å². The van der Waals surface area contributed by atoms with Gasteiger partial charge in [0.1, 0.15) is 0 Å². The summed E-state index contributed by atoms with van der Waals surface area (Å²) in [4.78, 5) is 4.72. The lowest BCUT2D eigenvalue weighted by Gasteiger charge is -2.18. The Kier molecular flexibility index (Phi) is 3.30. The highest BCUT2D eigenvalue weighted by molar-refractivity contribution is 4.75. The number of nitrogens with two attached hydrogens (primary N) is 1. The molecule has 0 aliphatic carbocycles. The maximum Gasteiger partial charge on any atom is 0.0297 e. The van der Waals surface area contributed by atoms with Gasteiger partial charge in [-0.05, 0) is 13.6 Å². The van der Waals surface area contributed by atoms with Gasteiger partial charge in [0.05, 0.1) is 0 Å². The van der Waals surface area contributed by atoms with Crippen LogP contribution in [0.5, 0.6) is 0 Å². The molecule has 0 aromatic carbocycles. The fourth-order valence-electron chi connectivity index (χ4n) is 1.57. The van der Waals surface area contributed by atoms with Gasteiger partial charge < -0.3 is 15.5 Å². The maximum atomic E-state index is 5.91. The Bertz CT molecular complexity index is 116. The van der Waals surface area contributed by atoms with Gasteiger partial charge in [-0.25, -0.2) is 0 Å².